The zero-order chi connectivity index (χ0) is 21.1. The van der Waals surface area contributed by atoms with E-state index in [9.17, 15) is 14.0 Å². The molecule has 6 nitrogen and oxygen atoms in total. The fourth-order valence-electron chi connectivity index (χ4n) is 2.69. The summed E-state index contributed by atoms with van der Waals surface area (Å²) in [6, 6.07) is 9.13. The van der Waals surface area contributed by atoms with Gasteiger partial charge in [0.05, 0.1) is 28.0 Å². The van der Waals surface area contributed by atoms with Gasteiger partial charge in [-0.15, -0.1) is 0 Å². The summed E-state index contributed by atoms with van der Waals surface area (Å²) in [6.45, 7) is 3.19. The van der Waals surface area contributed by atoms with Crippen molar-refractivity contribution in [1.82, 2.24) is 14.9 Å². The number of hydrogen-bond donors (Lipinski definition) is 0. The first-order chi connectivity index (χ1) is 13.8. The van der Waals surface area contributed by atoms with Crippen LogP contribution in [-0.4, -0.2) is 40.4 Å². The topological polar surface area (TPSA) is 72.4 Å². The van der Waals surface area contributed by atoms with Crippen molar-refractivity contribution in [2.45, 2.75) is 20.4 Å². The van der Waals surface area contributed by atoms with E-state index < -0.39 is 24.3 Å². The molecule has 0 aliphatic rings. The molecule has 3 aromatic rings. The second kappa shape index (κ2) is 8.53. The summed E-state index contributed by atoms with van der Waals surface area (Å²) in [5.74, 6) is -1.64. The SMILES string of the molecule is Cc1nc2ccc(C(=O)OCC(=O)N(C)Cc3c(F)cccc3Cl)cc2nc1C. The molecule has 0 saturated heterocycles. The smallest absolute Gasteiger partial charge is 0.338 e. The summed E-state index contributed by atoms with van der Waals surface area (Å²) in [4.78, 5) is 34.6. The molecule has 0 N–H and O–H groups in total. The van der Waals surface area contributed by atoms with Crippen LogP contribution in [0.2, 0.25) is 5.02 Å². The van der Waals surface area contributed by atoms with E-state index in [4.69, 9.17) is 16.3 Å². The van der Waals surface area contributed by atoms with Crippen LogP contribution in [0.15, 0.2) is 36.4 Å². The van der Waals surface area contributed by atoms with E-state index in [0.717, 1.165) is 11.4 Å². The van der Waals surface area contributed by atoms with Gasteiger partial charge in [-0.05, 0) is 44.2 Å². The fraction of sp³-hybridized carbons (Fsp3) is 0.238. The number of likely N-dealkylation sites (N-methyl/N-ethyl adjacent to an activating group) is 1. The molecule has 1 amide bonds. The third-order valence-corrected chi connectivity index (χ3v) is 4.87. The first-order valence-electron chi connectivity index (χ1n) is 8.85. The van der Waals surface area contributed by atoms with Crippen molar-refractivity contribution < 1.29 is 18.7 Å². The first kappa shape index (κ1) is 20.7. The monoisotopic (exact) mass is 415 g/mol. The summed E-state index contributed by atoms with van der Waals surface area (Å²) in [7, 11) is 1.48. The van der Waals surface area contributed by atoms with E-state index in [1.807, 2.05) is 13.8 Å². The lowest BCUT2D eigenvalue weighted by Gasteiger charge is -2.18. The molecule has 0 aliphatic carbocycles. The van der Waals surface area contributed by atoms with E-state index in [0.29, 0.717) is 11.0 Å². The van der Waals surface area contributed by atoms with Crippen molar-refractivity contribution in [1.29, 1.82) is 0 Å². The summed E-state index contributed by atoms with van der Waals surface area (Å²) in [5, 5.41) is 0.226. The molecule has 2 aromatic carbocycles. The van der Waals surface area contributed by atoms with Crippen molar-refractivity contribution in [2.24, 2.45) is 0 Å². The second-order valence-corrected chi connectivity index (χ2v) is 7.03. The van der Waals surface area contributed by atoms with Crippen LogP contribution < -0.4 is 0 Å². The molecule has 0 saturated carbocycles. The molecule has 29 heavy (non-hydrogen) atoms. The lowest BCUT2D eigenvalue weighted by atomic mass is 10.2. The van der Waals surface area contributed by atoms with Gasteiger partial charge < -0.3 is 9.64 Å². The molecule has 0 radical (unpaired) electrons. The van der Waals surface area contributed by atoms with E-state index in [-0.39, 0.29) is 22.7 Å². The van der Waals surface area contributed by atoms with Crippen molar-refractivity contribution in [2.75, 3.05) is 13.7 Å². The normalized spacial score (nSPS) is 10.8. The third kappa shape index (κ3) is 4.68. The molecule has 1 aromatic heterocycles. The summed E-state index contributed by atoms with van der Waals surface area (Å²) in [5.41, 5.74) is 3.29. The maximum atomic E-state index is 13.9. The Balaban J connectivity index is 1.64. The summed E-state index contributed by atoms with van der Waals surface area (Å²) in [6.07, 6.45) is 0. The Morgan fingerprint density at radius 2 is 1.79 bits per heavy atom. The van der Waals surface area contributed by atoms with E-state index in [1.165, 1.54) is 24.1 Å². The minimum absolute atomic E-state index is 0.0356. The Kier molecular flexibility index (Phi) is 6.08. The van der Waals surface area contributed by atoms with Gasteiger partial charge in [-0.2, -0.15) is 0 Å². The van der Waals surface area contributed by atoms with Crippen molar-refractivity contribution >= 4 is 34.5 Å². The highest BCUT2D eigenvalue weighted by Gasteiger charge is 2.17. The fourth-order valence-corrected chi connectivity index (χ4v) is 2.91. The Bertz CT molecular complexity index is 1080. The predicted molar refractivity (Wildman–Crippen MR) is 107 cm³/mol. The van der Waals surface area contributed by atoms with Gasteiger partial charge in [-0.1, -0.05) is 17.7 Å². The molecule has 0 fully saturated rings. The lowest BCUT2D eigenvalue weighted by Crippen LogP contribution is -2.31. The number of rotatable bonds is 5. The van der Waals surface area contributed by atoms with Crippen LogP contribution in [0.1, 0.15) is 27.3 Å². The van der Waals surface area contributed by atoms with Crippen molar-refractivity contribution in [3.8, 4) is 0 Å². The maximum absolute atomic E-state index is 13.9. The molecular formula is C21H19ClFN3O3. The number of carbonyl (C=O) groups is 2. The Morgan fingerprint density at radius 3 is 2.48 bits per heavy atom. The minimum Gasteiger partial charge on any atom is -0.452 e. The number of aromatic nitrogens is 2. The number of halogens is 2. The van der Waals surface area contributed by atoms with Gasteiger partial charge in [0.25, 0.3) is 5.91 Å². The number of hydrogen-bond acceptors (Lipinski definition) is 5. The zero-order valence-corrected chi connectivity index (χ0v) is 17.0. The van der Waals surface area contributed by atoms with Gasteiger partial charge in [0, 0.05) is 24.2 Å². The number of amides is 1. The van der Waals surface area contributed by atoms with Crippen LogP contribution in [0.4, 0.5) is 4.39 Å². The van der Waals surface area contributed by atoms with Crippen LogP contribution in [-0.2, 0) is 16.1 Å². The number of benzene rings is 2. The second-order valence-electron chi connectivity index (χ2n) is 6.62. The van der Waals surface area contributed by atoms with Crippen LogP contribution >= 0.6 is 11.6 Å². The Hall–Kier alpha value is -3.06. The number of fused-ring (bicyclic) bond motifs is 1. The first-order valence-corrected chi connectivity index (χ1v) is 9.23. The van der Waals surface area contributed by atoms with Gasteiger partial charge in [-0.3, -0.25) is 4.79 Å². The van der Waals surface area contributed by atoms with Gasteiger partial charge in [-0.25, -0.2) is 19.2 Å². The van der Waals surface area contributed by atoms with E-state index in [1.54, 1.807) is 24.3 Å². The van der Waals surface area contributed by atoms with Crippen molar-refractivity contribution in [3.63, 3.8) is 0 Å². The minimum atomic E-state index is -0.655. The number of ether oxygens (including phenoxy) is 1. The Morgan fingerprint density at radius 1 is 1.10 bits per heavy atom. The third-order valence-electron chi connectivity index (χ3n) is 4.52. The molecule has 0 unspecified atom stereocenters. The molecular weight excluding hydrogens is 397 g/mol. The highest BCUT2D eigenvalue weighted by Crippen LogP contribution is 2.20. The van der Waals surface area contributed by atoms with E-state index in [2.05, 4.69) is 9.97 Å². The Labute approximate surface area is 172 Å². The van der Waals surface area contributed by atoms with Crippen molar-refractivity contribution in [3.05, 3.63) is 69.8 Å². The number of esters is 1. The molecule has 0 spiro atoms. The van der Waals surface area contributed by atoms with Gasteiger partial charge >= 0.3 is 5.97 Å². The van der Waals surface area contributed by atoms with Crippen LogP contribution in [0.3, 0.4) is 0 Å². The molecule has 3 rings (SSSR count). The average Bonchev–Trinajstić information content (AvgIpc) is 2.69. The zero-order valence-electron chi connectivity index (χ0n) is 16.2. The largest absolute Gasteiger partial charge is 0.452 e. The van der Waals surface area contributed by atoms with Crippen LogP contribution in [0.25, 0.3) is 11.0 Å². The van der Waals surface area contributed by atoms with E-state index >= 15 is 0 Å². The molecule has 8 heteroatoms. The molecule has 0 bridgehead atoms. The predicted octanol–water partition coefficient (Wildman–Crippen LogP) is 3.85. The standard InChI is InChI=1S/C21H19ClFN3O3/c1-12-13(2)25-19-9-14(7-8-18(19)24-12)21(28)29-11-20(27)26(3)10-15-16(22)5-4-6-17(15)23/h4-9H,10-11H2,1-3H3. The quantitative estimate of drug-likeness (QED) is 0.592. The van der Waals surface area contributed by atoms with Gasteiger partial charge in [0.1, 0.15) is 5.82 Å². The lowest BCUT2D eigenvalue weighted by molar-refractivity contribution is -0.133. The highest BCUT2D eigenvalue weighted by molar-refractivity contribution is 6.31. The molecule has 1 heterocycles. The number of aryl methyl sites for hydroxylation is 2. The average molecular weight is 416 g/mol. The number of nitrogens with zero attached hydrogens (tertiary/aromatic N) is 3. The van der Waals surface area contributed by atoms with Crippen LogP contribution in [0, 0.1) is 19.7 Å². The molecule has 0 aliphatic heterocycles. The molecule has 150 valence electrons. The highest BCUT2D eigenvalue weighted by atomic mass is 35.5. The summed E-state index contributed by atoms with van der Waals surface area (Å²) >= 11 is 5.98. The molecule has 0 atom stereocenters. The number of carbonyl (C=O) groups excluding carboxylic acids is 2. The van der Waals surface area contributed by atoms with Crippen LogP contribution in [0.5, 0.6) is 0 Å². The summed E-state index contributed by atoms with van der Waals surface area (Å²) < 4.78 is 19.0. The maximum Gasteiger partial charge on any atom is 0.338 e. The van der Waals surface area contributed by atoms with Gasteiger partial charge in [0.2, 0.25) is 0 Å². The van der Waals surface area contributed by atoms with Gasteiger partial charge in [0.15, 0.2) is 6.61 Å².